The lowest BCUT2D eigenvalue weighted by molar-refractivity contribution is 0.415. The van der Waals surface area contributed by atoms with Crippen LogP contribution >= 0.6 is 11.6 Å². The van der Waals surface area contributed by atoms with Gasteiger partial charge in [-0.1, -0.05) is 17.7 Å². The van der Waals surface area contributed by atoms with E-state index in [-0.39, 0.29) is 0 Å². The number of methoxy groups -OCH3 is 1. The van der Waals surface area contributed by atoms with Crippen molar-refractivity contribution in [2.75, 3.05) is 12.4 Å². The Labute approximate surface area is 154 Å². The molecule has 0 aliphatic rings. The molecule has 0 amide bonds. The van der Waals surface area contributed by atoms with Gasteiger partial charge in [-0.3, -0.25) is 4.98 Å². The van der Waals surface area contributed by atoms with E-state index in [1.54, 1.807) is 31.9 Å². The predicted molar refractivity (Wildman–Crippen MR) is 102 cm³/mol. The van der Waals surface area contributed by atoms with Gasteiger partial charge >= 0.3 is 0 Å². The van der Waals surface area contributed by atoms with Crippen LogP contribution in [0, 0.1) is 0 Å². The van der Waals surface area contributed by atoms with Crippen molar-refractivity contribution in [3.63, 3.8) is 0 Å². The van der Waals surface area contributed by atoms with E-state index in [0.29, 0.717) is 28.2 Å². The number of halogens is 1. The molecule has 1 N–H and O–H groups in total. The average molecular weight is 364 g/mol. The number of nitrogens with one attached hydrogen (secondary N) is 1. The summed E-state index contributed by atoms with van der Waals surface area (Å²) in [6.07, 6.45) is 6.82. The molecule has 0 radical (unpaired) electrons. The van der Waals surface area contributed by atoms with E-state index in [2.05, 4.69) is 25.3 Å². The monoisotopic (exact) mass is 363 g/mol. The van der Waals surface area contributed by atoms with E-state index in [4.69, 9.17) is 16.3 Å². The summed E-state index contributed by atoms with van der Waals surface area (Å²) >= 11 is 6.27. The summed E-state index contributed by atoms with van der Waals surface area (Å²) in [5.41, 5.74) is 1.51. The van der Waals surface area contributed by atoms with Crippen LogP contribution in [0.3, 0.4) is 0 Å². The van der Waals surface area contributed by atoms with Gasteiger partial charge in [-0.15, -0.1) is 0 Å². The number of pyridine rings is 4. The molecule has 0 unspecified atom stereocenters. The molecular formula is C19H14ClN5O. The molecule has 6 nitrogen and oxygen atoms in total. The van der Waals surface area contributed by atoms with Gasteiger partial charge in [0.1, 0.15) is 28.2 Å². The minimum absolute atomic E-state index is 0.385. The third kappa shape index (κ3) is 3.02. The number of hydrogen-bond donors (Lipinski definition) is 1. The van der Waals surface area contributed by atoms with Crippen molar-refractivity contribution in [2.24, 2.45) is 0 Å². The van der Waals surface area contributed by atoms with Gasteiger partial charge in [-0.2, -0.15) is 0 Å². The van der Waals surface area contributed by atoms with E-state index in [0.717, 1.165) is 16.3 Å². The topological polar surface area (TPSA) is 72.8 Å². The largest absolute Gasteiger partial charge is 0.494 e. The average Bonchev–Trinajstić information content (AvgIpc) is 2.69. The highest BCUT2D eigenvalue weighted by Crippen LogP contribution is 2.35. The summed E-state index contributed by atoms with van der Waals surface area (Å²) in [6, 6.07) is 11.2. The predicted octanol–water partition coefficient (Wildman–Crippen LogP) is 4.49. The first-order valence-corrected chi connectivity index (χ1v) is 8.26. The van der Waals surface area contributed by atoms with Crippen molar-refractivity contribution >= 4 is 34.0 Å². The zero-order chi connectivity index (χ0) is 17.9. The molecule has 0 spiro atoms. The Kier molecular flexibility index (Phi) is 4.33. The van der Waals surface area contributed by atoms with Gasteiger partial charge in [0.05, 0.1) is 7.11 Å². The van der Waals surface area contributed by atoms with E-state index >= 15 is 0 Å². The molecule has 4 rings (SSSR count). The fourth-order valence-electron chi connectivity index (χ4n) is 2.69. The van der Waals surface area contributed by atoms with Crippen LogP contribution in [0.25, 0.3) is 22.0 Å². The third-order valence-corrected chi connectivity index (χ3v) is 4.19. The van der Waals surface area contributed by atoms with Crippen molar-refractivity contribution < 1.29 is 4.74 Å². The molecule has 7 heteroatoms. The minimum atomic E-state index is 0.385. The molecule has 0 aliphatic heterocycles. The fourth-order valence-corrected chi connectivity index (χ4v) is 2.88. The normalized spacial score (nSPS) is 10.7. The molecule has 4 heterocycles. The Balaban J connectivity index is 1.88. The molecule has 0 atom stereocenters. The van der Waals surface area contributed by atoms with Crippen LogP contribution in [0.5, 0.6) is 5.75 Å². The second kappa shape index (κ2) is 6.93. The first-order chi connectivity index (χ1) is 12.8. The molecular weight excluding hydrogens is 350 g/mol. The van der Waals surface area contributed by atoms with Crippen LogP contribution in [0.15, 0.2) is 61.2 Å². The van der Waals surface area contributed by atoms with E-state index in [1.165, 1.54) is 0 Å². The molecule has 128 valence electrons. The number of ether oxygens (including phenoxy) is 1. The Morgan fingerprint density at radius 3 is 2.58 bits per heavy atom. The smallest absolute Gasteiger partial charge is 0.145 e. The lowest BCUT2D eigenvalue weighted by Crippen LogP contribution is -1.97. The van der Waals surface area contributed by atoms with Gasteiger partial charge in [0.25, 0.3) is 0 Å². The first-order valence-electron chi connectivity index (χ1n) is 7.88. The zero-order valence-electron chi connectivity index (χ0n) is 13.8. The zero-order valence-corrected chi connectivity index (χ0v) is 14.6. The second-order valence-corrected chi connectivity index (χ2v) is 5.83. The van der Waals surface area contributed by atoms with Crippen LogP contribution in [0.4, 0.5) is 11.6 Å². The number of fused-ring (bicyclic) bond motifs is 1. The number of hydrogen-bond acceptors (Lipinski definition) is 6. The summed E-state index contributed by atoms with van der Waals surface area (Å²) in [5.74, 6) is 2.01. The van der Waals surface area contributed by atoms with Crippen LogP contribution in [0.2, 0.25) is 5.15 Å². The minimum Gasteiger partial charge on any atom is -0.494 e. The van der Waals surface area contributed by atoms with Crippen molar-refractivity contribution in [3.05, 3.63) is 66.3 Å². The van der Waals surface area contributed by atoms with Crippen molar-refractivity contribution in [3.8, 4) is 17.0 Å². The highest BCUT2D eigenvalue weighted by atomic mass is 35.5. The van der Waals surface area contributed by atoms with Gasteiger partial charge in [0.15, 0.2) is 0 Å². The fraction of sp³-hybridized carbons (Fsp3) is 0.0526. The van der Waals surface area contributed by atoms with Gasteiger partial charge < -0.3 is 10.1 Å². The SMILES string of the molecule is COc1cccnc1-c1cnc(Cl)c2cnc(Nc3ccccn3)cc12. The maximum Gasteiger partial charge on any atom is 0.145 e. The van der Waals surface area contributed by atoms with Gasteiger partial charge in [-0.25, -0.2) is 15.0 Å². The summed E-state index contributed by atoms with van der Waals surface area (Å²) in [4.78, 5) is 17.4. The number of anilines is 2. The molecule has 0 bridgehead atoms. The number of rotatable bonds is 4. The lowest BCUT2D eigenvalue weighted by atomic mass is 10.1. The van der Waals surface area contributed by atoms with Crippen molar-refractivity contribution in [2.45, 2.75) is 0 Å². The molecule has 0 fully saturated rings. The maximum atomic E-state index is 6.27. The first kappa shape index (κ1) is 16.2. The van der Waals surface area contributed by atoms with E-state index < -0.39 is 0 Å². The summed E-state index contributed by atoms with van der Waals surface area (Å²) < 4.78 is 5.44. The summed E-state index contributed by atoms with van der Waals surface area (Å²) in [7, 11) is 1.61. The van der Waals surface area contributed by atoms with Crippen LogP contribution in [-0.2, 0) is 0 Å². The third-order valence-electron chi connectivity index (χ3n) is 3.89. The van der Waals surface area contributed by atoms with Crippen LogP contribution in [-0.4, -0.2) is 27.0 Å². The molecule has 4 aromatic rings. The molecule has 0 aromatic carbocycles. The van der Waals surface area contributed by atoms with E-state index in [9.17, 15) is 0 Å². The molecule has 4 aromatic heterocycles. The highest BCUT2D eigenvalue weighted by Gasteiger charge is 2.14. The van der Waals surface area contributed by atoms with Crippen LogP contribution < -0.4 is 10.1 Å². The molecule has 0 saturated carbocycles. The highest BCUT2D eigenvalue weighted by molar-refractivity contribution is 6.34. The number of aromatic nitrogens is 4. The summed E-state index contributed by atoms with van der Waals surface area (Å²) in [6.45, 7) is 0. The number of nitrogens with zero attached hydrogens (tertiary/aromatic N) is 4. The van der Waals surface area contributed by atoms with Gasteiger partial charge in [0.2, 0.25) is 0 Å². The maximum absolute atomic E-state index is 6.27. The lowest BCUT2D eigenvalue weighted by Gasteiger charge is -2.12. The van der Waals surface area contributed by atoms with Gasteiger partial charge in [0, 0.05) is 41.1 Å². The standard InChI is InChI=1S/C19H14ClN5O/c1-26-15-5-4-8-22-18(15)13-10-24-19(20)14-11-23-17(9-12(13)14)25-16-6-2-3-7-21-16/h2-11H,1H3,(H,21,23,25). The Morgan fingerprint density at radius 1 is 0.885 bits per heavy atom. The second-order valence-electron chi connectivity index (χ2n) is 5.47. The molecule has 0 saturated heterocycles. The molecule has 0 aliphatic carbocycles. The summed E-state index contributed by atoms with van der Waals surface area (Å²) in [5, 5.41) is 5.18. The van der Waals surface area contributed by atoms with Crippen molar-refractivity contribution in [1.29, 1.82) is 0 Å². The quantitative estimate of drug-likeness (QED) is 0.538. The Bertz CT molecular complexity index is 1070. The van der Waals surface area contributed by atoms with E-state index in [1.807, 2.05) is 36.4 Å². The molecule has 26 heavy (non-hydrogen) atoms. The Hall–Kier alpha value is -3.25. The van der Waals surface area contributed by atoms with Crippen molar-refractivity contribution in [1.82, 2.24) is 19.9 Å². The van der Waals surface area contributed by atoms with Gasteiger partial charge in [-0.05, 0) is 30.3 Å². The Morgan fingerprint density at radius 2 is 1.77 bits per heavy atom. The van der Waals surface area contributed by atoms with Crippen LogP contribution in [0.1, 0.15) is 0 Å².